The van der Waals surface area contributed by atoms with E-state index in [9.17, 15) is 14.4 Å². The van der Waals surface area contributed by atoms with Crippen molar-refractivity contribution in [3.8, 4) is 11.5 Å². The standard InChI is InChI=1S/C23H22ClN3O5/c1-4-9-32-21-17(24)10-15(12-19(21)31-3)11-18-22(29)27(23(30)26-18)13-20(28)25-16-7-5-14(2)6-8-16/h4-8,10-12H,1,9,13H2,2-3H3,(H,25,28)(H,26,30)/b18-11+. The number of ether oxygens (including phenoxy) is 2. The molecule has 0 radical (unpaired) electrons. The monoisotopic (exact) mass is 455 g/mol. The second-order valence-corrected chi connectivity index (χ2v) is 7.33. The Hall–Kier alpha value is -3.78. The molecular weight excluding hydrogens is 434 g/mol. The molecule has 0 spiro atoms. The van der Waals surface area contributed by atoms with E-state index in [1.165, 1.54) is 13.2 Å². The molecule has 0 saturated carbocycles. The Balaban J connectivity index is 1.74. The molecule has 0 unspecified atom stereocenters. The summed E-state index contributed by atoms with van der Waals surface area (Å²) >= 11 is 6.28. The maximum atomic E-state index is 12.7. The summed E-state index contributed by atoms with van der Waals surface area (Å²) in [5.41, 5.74) is 2.14. The number of benzene rings is 2. The summed E-state index contributed by atoms with van der Waals surface area (Å²) in [4.78, 5) is 38.1. The number of rotatable bonds is 8. The molecule has 1 saturated heterocycles. The summed E-state index contributed by atoms with van der Waals surface area (Å²) in [6.07, 6.45) is 3.02. The number of urea groups is 1. The van der Waals surface area contributed by atoms with E-state index in [4.69, 9.17) is 21.1 Å². The molecule has 2 N–H and O–H groups in total. The number of halogens is 1. The highest BCUT2D eigenvalue weighted by atomic mass is 35.5. The van der Waals surface area contributed by atoms with Crippen molar-refractivity contribution in [2.45, 2.75) is 6.92 Å². The Morgan fingerprint density at radius 1 is 1.25 bits per heavy atom. The zero-order valence-electron chi connectivity index (χ0n) is 17.6. The molecule has 8 nitrogen and oxygen atoms in total. The zero-order chi connectivity index (χ0) is 23.3. The van der Waals surface area contributed by atoms with Crippen molar-refractivity contribution in [2.75, 3.05) is 25.6 Å². The van der Waals surface area contributed by atoms with E-state index in [2.05, 4.69) is 17.2 Å². The van der Waals surface area contributed by atoms with Crippen molar-refractivity contribution >= 4 is 41.2 Å². The van der Waals surface area contributed by atoms with E-state index >= 15 is 0 Å². The molecule has 166 valence electrons. The van der Waals surface area contributed by atoms with Gasteiger partial charge in [-0.05, 0) is 42.8 Å². The highest BCUT2D eigenvalue weighted by molar-refractivity contribution is 6.32. The highest BCUT2D eigenvalue weighted by Crippen LogP contribution is 2.37. The summed E-state index contributed by atoms with van der Waals surface area (Å²) in [5, 5.41) is 5.40. The van der Waals surface area contributed by atoms with Gasteiger partial charge in [-0.2, -0.15) is 0 Å². The smallest absolute Gasteiger partial charge is 0.329 e. The van der Waals surface area contributed by atoms with Crippen LogP contribution < -0.4 is 20.1 Å². The van der Waals surface area contributed by atoms with E-state index in [1.54, 1.807) is 30.3 Å². The third-order valence-electron chi connectivity index (χ3n) is 4.51. The van der Waals surface area contributed by atoms with Gasteiger partial charge in [0.1, 0.15) is 18.8 Å². The Kier molecular flexibility index (Phi) is 7.17. The van der Waals surface area contributed by atoms with E-state index < -0.39 is 24.4 Å². The second-order valence-electron chi connectivity index (χ2n) is 6.93. The number of anilines is 1. The van der Waals surface area contributed by atoms with E-state index in [0.717, 1.165) is 10.5 Å². The Labute approximate surface area is 190 Å². The molecule has 3 rings (SSSR count). The van der Waals surface area contributed by atoms with Crippen molar-refractivity contribution < 1.29 is 23.9 Å². The van der Waals surface area contributed by atoms with Crippen LogP contribution >= 0.6 is 11.6 Å². The van der Waals surface area contributed by atoms with Gasteiger partial charge in [-0.25, -0.2) is 9.69 Å². The fourth-order valence-corrected chi connectivity index (χ4v) is 3.24. The molecule has 4 amide bonds. The van der Waals surface area contributed by atoms with Gasteiger partial charge in [0.25, 0.3) is 5.91 Å². The molecule has 0 aromatic heterocycles. The first-order valence-electron chi connectivity index (χ1n) is 9.64. The number of nitrogens with zero attached hydrogens (tertiary/aromatic N) is 1. The van der Waals surface area contributed by atoms with Gasteiger partial charge in [-0.3, -0.25) is 9.59 Å². The summed E-state index contributed by atoms with van der Waals surface area (Å²) in [6.45, 7) is 5.33. The SMILES string of the molecule is C=CCOc1c(Cl)cc(/C=C2/NC(=O)N(CC(=O)Nc3ccc(C)cc3)C2=O)cc1OC. The predicted molar refractivity (Wildman–Crippen MR) is 122 cm³/mol. The number of hydrogen-bond donors (Lipinski definition) is 2. The van der Waals surface area contributed by atoms with E-state index in [-0.39, 0.29) is 17.3 Å². The first kappa shape index (κ1) is 22.9. The molecular formula is C23H22ClN3O5. The fraction of sp³-hybridized carbons (Fsp3) is 0.174. The minimum absolute atomic E-state index is 0.0102. The first-order chi connectivity index (χ1) is 15.3. The van der Waals surface area contributed by atoms with Crippen LogP contribution in [0.4, 0.5) is 10.5 Å². The molecule has 9 heteroatoms. The van der Waals surface area contributed by atoms with E-state index in [1.807, 2.05) is 19.1 Å². The van der Waals surface area contributed by atoms with Gasteiger partial charge < -0.3 is 20.1 Å². The summed E-state index contributed by atoms with van der Waals surface area (Å²) in [7, 11) is 1.46. The summed E-state index contributed by atoms with van der Waals surface area (Å²) < 4.78 is 10.8. The van der Waals surface area contributed by atoms with Crippen LogP contribution in [0.1, 0.15) is 11.1 Å². The van der Waals surface area contributed by atoms with Crippen LogP contribution in [0.5, 0.6) is 11.5 Å². The number of imide groups is 1. The number of carbonyl (C=O) groups excluding carboxylic acids is 3. The lowest BCUT2D eigenvalue weighted by Crippen LogP contribution is -2.38. The van der Waals surface area contributed by atoms with Gasteiger partial charge in [0.2, 0.25) is 5.91 Å². The summed E-state index contributed by atoms with van der Waals surface area (Å²) in [5.74, 6) is -0.423. The lowest BCUT2D eigenvalue weighted by molar-refractivity contribution is -0.127. The molecule has 1 heterocycles. The van der Waals surface area contributed by atoms with Gasteiger partial charge >= 0.3 is 6.03 Å². The summed E-state index contributed by atoms with van der Waals surface area (Å²) in [6, 6.07) is 9.66. The molecule has 1 aliphatic rings. The molecule has 0 atom stereocenters. The third-order valence-corrected chi connectivity index (χ3v) is 4.79. The molecule has 2 aromatic carbocycles. The average molecular weight is 456 g/mol. The van der Waals surface area contributed by atoms with Gasteiger partial charge in [0, 0.05) is 5.69 Å². The highest BCUT2D eigenvalue weighted by Gasteiger charge is 2.35. The Bertz CT molecular complexity index is 1100. The number of aryl methyl sites for hydroxylation is 1. The number of methoxy groups -OCH3 is 1. The van der Waals surface area contributed by atoms with Crippen LogP contribution in [0.25, 0.3) is 6.08 Å². The van der Waals surface area contributed by atoms with Crippen LogP contribution in [-0.2, 0) is 9.59 Å². The van der Waals surface area contributed by atoms with Gasteiger partial charge in [-0.15, -0.1) is 0 Å². The number of amides is 4. The van der Waals surface area contributed by atoms with Crippen molar-refractivity contribution in [3.63, 3.8) is 0 Å². The minimum atomic E-state index is -0.690. The molecule has 0 bridgehead atoms. The topological polar surface area (TPSA) is 97.0 Å². The van der Waals surface area contributed by atoms with Crippen molar-refractivity contribution in [1.82, 2.24) is 10.2 Å². The first-order valence-corrected chi connectivity index (χ1v) is 10.0. The largest absolute Gasteiger partial charge is 0.493 e. The molecule has 1 aliphatic heterocycles. The quantitative estimate of drug-likeness (QED) is 0.359. The van der Waals surface area contributed by atoms with Gasteiger partial charge in [-0.1, -0.05) is 42.0 Å². The molecule has 2 aromatic rings. The maximum absolute atomic E-state index is 12.7. The van der Waals surface area contributed by atoms with E-state index in [0.29, 0.717) is 22.7 Å². The molecule has 32 heavy (non-hydrogen) atoms. The Morgan fingerprint density at radius 2 is 1.97 bits per heavy atom. The zero-order valence-corrected chi connectivity index (χ0v) is 18.4. The lowest BCUT2D eigenvalue weighted by Gasteiger charge is -2.12. The number of nitrogens with one attached hydrogen (secondary N) is 2. The van der Waals surface area contributed by atoms with Gasteiger partial charge in [0.05, 0.1) is 12.1 Å². The maximum Gasteiger partial charge on any atom is 0.329 e. The lowest BCUT2D eigenvalue weighted by atomic mass is 10.1. The molecule has 0 aliphatic carbocycles. The minimum Gasteiger partial charge on any atom is -0.493 e. The Morgan fingerprint density at radius 3 is 2.62 bits per heavy atom. The second kappa shape index (κ2) is 10.0. The van der Waals surface area contributed by atoms with Crippen LogP contribution in [-0.4, -0.2) is 43.0 Å². The third kappa shape index (κ3) is 5.28. The van der Waals surface area contributed by atoms with Crippen LogP contribution in [0.3, 0.4) is 0 Å². The van der Waals surface area contributed by atoms with Gasteiger partial charge in [0.15, 0.2) is 11.5 Å². The number of hydrogen-bond acceptors (Lipinski definition) is 5. The fourth-order valence-electron chi connectivity index (χ4n) is 2.97. The average Bonchev–Trinajstić information content (AvgIpc) is 3.01. The van der Waals surface area contributed by atoms with Crippen molar-refractivity contribution in [3.05, 3.63) is 70.9 Å². The predicted octanol–water partition coefficient (Wildman–Crippen LogP) is 3.75. The van der Waals surface area contributed by atoms with Crippen LogP contribution in [0.2, 0.25) is 5.02 Å². The van der Waals surface area contributed by atoms with Crippen molar-refractivity contribution in [1.29, 1.82) is 0 Å². The molecule has 1 fully saturated rings. The van der Waals surface area contributed by atoms with Crippen LogP contribution in [0.15, 0.2) is 54.8 Å². The van der Waals surface area contributed by atoms with Crippen LogP contribution in [0, 0.1) is 6.92 Å². The number of carbonyl (C=O) groups is 3. The normalized spacial score (nSPS) is 14.3. The van der Waals surface area contributed by atoms with Crippen molar-refractivity contribution in [2.24, 2.45) is 0 Å².